The van der Waals surface area contributed by atoms with Crippen LogP contribution in [-0.2, 0) is 11.3 Å². The molecule has 0 aliphatic carbocycles. The molecule has 5 nitrogen and oxygen atoms in total. The van der Waals surface area contributed by atoms with Crippen molar-refractivity contribution in [3.05, 3.63) is 42.5 Å². The molecule has 1 fully saturated rings. The first kappa shape index (κ1) is 12.2. The quantitative estimate of drug-likeness (QED) is 0.843. The smallest absolute Gasteiger partial charge is 0.127 e. The summed E-state index contributed by atoms with van der Waals surface area (Å²) in [5.41, 5.74) is 7.79. The van der Waals surface area contributed by atoms with E-state index in [0.29, 0.717) is 0 Å². The zero-order valence-corrected chi connectivity index (χ0v) is 10.8. The largest absolute Gasteiger partial charge is 0.397 e. The van der Waals surface area contributed by atoms with E-state index in [9.17, 15) is 0 Å². The summed E-state index contributed by atoms with van der Waals surface area (Å²) in [4.78, 5) is 6.80. The van der Waals surface area contributed by atoms with E-state index in [0.717, 1.165) is 50.0 Å². The lowest BCUT2D eigenvalue weighted by Gasteiger charge is -2.26. The minimum atomic E-state index is 0.767. The van der Waals surface area contributed by atoms with Crippen molar-refractivity contribution < 1.29 is 4.74 Å². The summed E-state index contributed by atoms with van der Waals surface area (Å²) in [6.45, 7) is 4.33. The third-order valence-corrected chi connectivity index (χ3v) is 3.38. The second-order valence-corrected chi connectivity index (χ2v) is 4.66. The minimum Gasteiger partial charge on any atom is -0.397 e. The highest BCUT2D eigenvalue weighted by molar-refractivity contribution is 5.57. The van der Waals surface area contributed by atoms with Gasteiger partial charge in [0.25, 0.3) is 0 Å². The van der Waals surface area contributed by atoms with Crippen LogP contribution in [0, 0.1) is 0 Å². The van der Waals surface area contributed by atoms with Crippen LogP contribution < -0.4 is 5.73 Å². The molecule has 0 amide bonds. The Morgan fingerprint density at radius 3 is 2.79 bits per heavy atom. The summed E-state index contributed by atoms with van der Waals surface area (Å²) in [6.07, 6.45) is 3.78. The van der Waals surface area contributed by atoms with Crippen LogP contribution in [0.2, 0.25) is 0 Å². The van der Waals surface area contributed by atoms with Gasteiger partial charge in [-0.3, -0.25) is 4.90 Å². The molecule has 0 radical (unpaired) electrons. The average molecular weight is 258 g/mol. The van der Waals surface area contributed by atoms with Crippen molar-refractivity contribution in [2.45, 2.75) is 6.54 Å². The fourth-order valence-electron chi connectivity index (χ4n) is 2.34. The Morgan fingerprint density at radius 1 is 1.21 bits per heavy atom. The molecule has 2 N–H and O–H groups in total. The van der Waals surface area contributed by atoms with Crippen molar-refractivity contribution in [2.24, 2.45) is 0 Å². The maximum atomic E-state index is 6.03. The van der Waals surface area contributed by atoms with E-state index in [1.807, 2.05) is 36.7 Å². The number of anilines is 1. The minimum absolute atomic E-state index is 0.767. The molecule has 1 aliphatic heterocycles. The molecule has 0 atom stereocenters. The topological polar surface area (TPSA) is 56.3 Å². The first-order chi connectivity index (χ1) is 9.34. The standard InChI is InChI=1S/C14H18N4O/c15-12-3-1-2-4-13(12)18-6-5-16-14(18)11-17-7-9-19-10-8-17/h1-6H,7-11,15H2. The number of imidazole rings is 1. The molecule has 5 heteroatoms. The summed E-state index contributed by atoms with van der Waals surface area (Å²) in [6, 6.07) is 7.86. The van der Waals surface area contributed by atoms with Gasteiger partial charge in [-0.15, -0.1) is 0 Å². The molecular formula is C14H18N4O. The highest BCUT2D eigenvalue weighted by Crippen LogP contribution is 2.19. The van der Waals surface area contributed by atoms with Crippen LogP contribution in [0.4, 0.5) is 5.69 Å². The normalized spacial score (nSPS) is 16.6. The maximum absolute atomic E-state index is 6.03. The van der Waals surface area contributed by atoms with Crippen LogP contribution in [0.25, 0.3) is 5.69 Å². The van der Waals surface area contributed by atoms with Gasteiger partial charge in [-0.25, -0.2) is 4.98 Å². The zero-order chi connectivity index (χ0) is 13.1. The molecule has 0 saturated carbocycles. The molecule has 1 aromatic heterocycles. The van der Waals surface area contributed by atoms with E-state index >= 15 is 0 Å². The number of nitrogen functional groups attached to an aromatic ring is 1. The number of benzene rings is 1. The molecule has 1 aromatic carbocycles. The highest BCUT2D eigenvalue weighted by Gasteiger charge is 2.14. The van der Waals surface area contributed by atoms with Gasteiger partial charge in [0.2, 0.25) is 0 Å². The Morgan fingerprint density at radius 2 is 2.00 bits per heavy atom. The molecule has 0 spiro atoms. The van der Waals surface area contributed by atoms with Crippen LogP contribution >= 0.6 is 0 Å². The van der Waals surface area contributed by atoms with Gasteiger partial charge < -0.3 is 15.0 Å². The van der Waals surface area contributed by atoms with Crippen LogP contribution in [0.1, 0.15) is 5.82 Å². The van der Waals surface area contributed by atoms with Crippen molar-refractivity contribution in [1.82, 2.24) is 14.5 Å². The van der Waals surface area contributed by atoms with Crippen molar-refractivity contribution in [1.29, 1.82) is 0 Å². The predicted octanol–water partition coefficient (Wildman–Crippen LogP) is 1.29. The van der Waals surface area contributed by atoms with Gasteiger partial charge in [-0.2, -0.15) is 0 Å². The van der Waals surface area contributed by atoms with Crippen molar-refractivity contribution in [3.8, 4) is 5.69 Å². The molecule has 2 heterocycles. The average Bonchev–Trinajstić information content (AvgIpc) is 2.88. The van der Waals surface area contributed by atoms with Crippen molar-refractivity contribution in [3.63, 3.8) is 0 Å². The van der Waals surface area contributed by atoms with Gasteiger partial charge in [0.1, 0.15) is 5.82 Å². The third kappa shape index (κ3) is 2.62. The molecule has 100 valence electrons. The van der Waals surface area contributed by atoms with Gasteiger partial charge in [-0.05, 0) is 12.1 Å². The van der Waals surface area contributed by atoms with Crippen LogP contribution in [0.3, 0.4) is 0 Å². The number of morpholine rings is 1. The number of aromatic nitrogens is 2. The molecule has 2 aromatic rings. The molecule has 1 aliphatic rings. The number of para-hydroxylation sites is 2. The fraction of sp³-hybridized carbons (Fsp3) is 0.357. The third-order valence-electron chi connectivity index (χ3n) is 3.38. The van der Waals surface area contributed by atoms with E-state index in [1.165, 1.54) is 0 Å². The van der Waals surface area contributed by atoms with Crippen molar-refractivity contribution >= 4 is 5.69 Å². The molecule has 0 unspecified atom stereocenters. The first-order valence-corrected chi connectivity index (χ1v) is 6.52. The van der Waals surface area contributed by atoms with Crippen LogP contribution in [0.15, 0.2) is 36.7 Å². The Labute approximate surface area is 112 Å². The van der Waals surface area contributed by atoms with Gasteiger partial charge in [0.15, 0.2) is 0 Å². The lowest BCUT2D eigenvalue weighted by atomic mass is 10.2. The summed E-state index contributed by atoms with van der Waals surface area (Å²) in [7, 11) is 0. The molecular weight excluding hydrogens is 240 g/mol. The first-order valence-electron chi connectivity index (χ1n) is 6.52. The van der Waals surface area contributed by atoms with Crippen LogP contribution in [0.5, 0.6) is 0 Å². The summed E-state index contributed by atoms with van der Waals surface area (Å²) in [5, 5.41) is 0. The number of hydrogen-bond acceptors (Lipinski definition) is 4. The number of rotatable bonds is 3. The molecule has 0 bridgehead atoms. The van der Waals surface area contributed by atoms with Crippen molar-refractivity contribution in [2.75, 3.05) is 32.0 Å². The van der Waals surface area contributed by atoms with E-state index in [-0.39, 0.29) is 0 Å². The Hall–Kier alpha value is -1.85. The van der Waals surface area contributed by atoms with Gasteiger partial charge in [0.05, 0.1) is 31.1 Å². The second-order valence-electron chi connectivity index (χ2n) is 4.66. The lowest BCUT2D eigenvalue weighted by molar-refractivity contribution is 0.0329. The monoisotopic (exact) mass is 258 g/mol. The zero-order valence-electron chi connectivity index (χ0n) is 10.8. The Balaban J connectivity index is 1.84. The summed E-state index contributed by atoms with van der Waals surface area (Å²) < 4.78 is 7.42. The molecule has 19 heavy (non-hydrogen) atoms. The predicted molar refractivity (Wildman–Crippen MR) is 74.1 cm³/mol. The highest BCUT2D eigenvalue weighted by atomic mass is 16.5. The fourth-order valence-corrected chi connectivity index (χ4v) is 2.34. The van der Waals surface area contributed by atoms with Crippen LogP contribution in [-0.4, -0.2) is 40.8 Å². The molecule has 1 saturated heterocycles. The van der Waals surface area contributed by atoms with Gasteiger partial charge >= 0.3 is 0 Å². The van der Waals surface area contributed by atoms with Gasteiger partial charge in [-0.1, -0.05) is 12.1 Å². The SMILES string of the molecule is Nc1ccccc1-n1ccnc1CN1CCOCC1. The number of nitrogens with two attached hydrogens (primary N) is 1. The van der Waals surface area contributed by atoms with E-state index in [1.54, 1.807) is 0 Å². The number of nitrogens with zero attached hydrogens (tertiary/aromatic N) is 3. The summed E-state index contributed by atoms with van der Waals surface area (Å²) >= 11 is 0. The lowest BCUT2D eigenvalue weighted by Crippen LogP contribution is -2.36. The van der Waals surface area contributed by atoms with E-state index in [4.69, 9.17) is 10.5 Å². The van der Waals surface area contributed by atoms with Gasteiger partial charge in [0, 0.05) is 25.5 Å². The Bertz CT molecular complexity index is 546. The summed E-state index contributed by atoms with van der Waals surface area (Å²) in [5.74, 6) is 1.01. The Kier molecular flexibility index (Phi) is 3.48. The second kappa shape index (κ2) is 5.42. The van der Waals surface area contributed by atoms with E-state index < -0.39 is 0 Å². The number of hydrogen-bond donors (Lipinski definition) is 1. The number of ether oxygens (including phenoxy) is 1. The van der Waals surface area contributed by atoms with E-state index in [2.05, 4.69) is 14.5 Å². The maximum Gasteiger partial charge on any atom is 0.127 e. The molecule has 3 rings (SSSR count).